The van der Waals surface area contributed by atoms with Crippen LogP contribution in [0, 0.1) is 27.7 Å². The van der Waals surface area contributed by atoms with Crippen LogP contribution in [0.1, 0.15) is 44.9 Å². The first-order valence-electron chi connectivity index (χ1n) is 9.15. The number of hydrogen-bond donors (Lipinski definition) is 2. The average Bonchev–Trinajstić information content (AvgIpc) is 2.99. The van der Waals surface area contributed by atoms with Gasteiger partial charge < -0.3 is 5.32 Å². The van der Waals surface area contributed by atoms with Crippen LogP contribution in [0.4, 0.5) is 0 Å². The predicted octanol–water partition coefficient (Wildman–Crippen LogP) is 3.46. The third kappa shape index (κ3) is 4.22. The summed E-state index contributed by atoms with van der Waals surface area (Å²) in [7, 11) is 0. The standard InChI is InChI=1S/C21H25N5O/c1-13-12-23-26-20(14(13)2)17-7-9-18(10-8-17)21(27)22-11-5-6-19-15(3)24-25-16(19)4/h7-10,12H,5-6,11H2,1-4H3,(H,22,27)(H,24,25). The lowest BCUT2D eigenvalue weighted by atomic mass is 10.0. The summed E-state index contributed by atoms with van der Waals surface area (Å²) >= 11 is 0. The van der Waals surface area contributed by atoms with Crippen molar-refractivity contribution in [2.45, 2.75) is 40.5 Å². The molecule has 0 radical (unpaired) electrons. The van der Waals surface area contributed by atoms with Gasteiger partial charge in [-0.25, -0.2) is 0 Å². The van der Waals surface area contributed by atoms with Crippen LogP contribution >= 0.6 is 0 Å². The summed E-state index contributed by atoms with van der Waals surface area (Å²) in [6.07, 6.45) is 3.54. The Labute approximate surface area is 159 Å². The summed E-state index contributed by atoms with van der Waals surface area (Å²) in [5, 5.41) is 18.4. The van der Waals surface area contributed by atoms with E-state index in [2.05, 4.69) is 25.7 Å². The number of carbonyl (C=O) groups is 1. The van der Waals surface area contributed by atoms with E-state index in [4.69, 9.17) is 0 Å². The lowest BCUT2D eigenvalue weighted by Gasteiger charge is -2.08. The Morgan fingerprint density at radius 3 is 2.52 bits per heavy atom. The third-order valence-electron chi connectivity index (χ3n) is 4.95. The maximum Gasteiger partial charge on any atom is 0.251 e. The molecular formula is C21H25N5O. The second-order valence-corrected chi connectivity index (χ2v) is 6.85. The van der Waals surface area contributed by atoms with Crippen LogP contribution in [0.2, 0.25) is 0 Å². The minimum atomic E-state index is -0.0609. The Morgan fingerprint density at radius 2 is 1.85 bits per heavy atom. The fourth-order valence-electron chi connectivity index (χ4n) is 3.10. The summed E-state index contributed by atoms with van der Waals surface area (Å²) in [6, 6.07) is 7.50. The quantitative estimate of drug-likeness (QED) is 0.657. The van der Waals surface area contributed by atoms with E-state index in [0.717, 1.165) is 46.6 Å². The van der Waals surface area contributed by atoms with E-state index in [9.17, 15) is 4.79 Å². The fraction of sp³-hybridized carbons (Fsp3) is 0.333. The molecule has 140 valence electrons. The molecule has 3 aromatic rings. The molecule has 1 aromatic carbocycles. The number of benzene rings is 1. The number of carbonyl (C=O) groups excluding carboxylic acids is 1. The summed E-state index contributed by atoms with van der Waals surface area (Å²) in [5.41, 5.74) is 8.04. The van der Waals surface area contributed by atoms with E-state index >= 15 is 0 Å². The topological polar surface area (TPSA) is 83.6 Å². The number of H-pyrrole nitrogens is 1. The molecule has 0 saturated carbocycles. The van der Waals surface area contributed by atoms with Crippen LogP contribution < -0.4 is 5.32 Å². The van der Waals surface area contributed by atoms with Gasteiger partial charge in [0, 0.05) is 23.4 Å². The summed E-state index contributed by atoms with van der Waals surface area (Å²) < 4.78 is 0. The van der Waals surface area contributed by atoms with Crippen molar-refractivity contribution in [1.29, 1.82) is 0 Å². The molecule has 3 rings (SSSR count). The largest absolute Gasteiger partial charge is 0.352 e. The van der Waals surface area contributed by atoms with Gasteiger partial charge in [0.25, 0.3) is 5.91 Å². The monoisotopic (exact) mass is 363 g/mol. The van der Waals surface area contributed by atoms with Gasteiger partial charge in [-0.2, -0.15) is 15.3 Å². The van der Waals surface area contributed by atoms with Gasteiger partial charge in [-0.15, -0.1) is 0 Å². The number of aromatic amines is 1. The van der Waals surface area contributed by atoms with Gasteiger partial charge in [0.1, 0.15) is 0 Å². The molecule has 0 aliphatic heterocycles. The molecule has 0 fully saturated rings. The van der Waals surface area contributed by atoms with Gasteiger partial charge in [-0.1, -0.05) is 12.1 Å². The van der Waals surface area contributed by atoms with Crippen LogP contribution in [0.3, 0.4) is 0 Å². The van der Waals surface area contributed by atoms with Gasteiger partial charge in [0.05, 0.1) is 17.6 Å². The Bertz CT molecular complexity index is 924. The summed E-state index contributed by atoms with van der Waals surface area (Å²) in [4.78, 5) is 12.4. The van der Waals surface area contributed by atoms with Crippen molar-refractivity contribution in [1.82, 2.24) is 25.7 Å². The van der Waals surface area contributed by atoms with Crippen LogP contribution in [-0.4, -0.2) is 32.8 Å². The molecule has 0 spiro atoms. The zero-order valence-electron chi connectivity index (χ0n) is 16.3. The maximum absolute atomic E-state index is 12.4. The second-order valence-electron chi connectivity index (χ2n) is 6.85. The lowest BCUT2D eigenvalue weighted by molar-refractivity contribution is 0.0953. The van der Waals surface area contributed by atoms with E-state index in [-0.39, 0.29) is 5.91 Å². The first-order valence-corrected chi connectivity index (χ1v) is 9.15. The number of amides is 1. The van der Waals surface area contributed by atoms with Crippen molar-refractivity contribution in [3.05, 3.63) is 64.1 Å². The molecule has 6 nitrogen and oxygen atoms in total. The Morgan fingerprint density at radius 1 is 1.11 bits per heavy atom. The number of nitrogens with one attached hydrogen (secondary N) is 2. The highest BCUT2D eigenvalue weighted by molar-refractivity contribution is 5.94. The number of hydrogen-bond acceptors (Lipinski definition) is 4. The number of nitrogens with zero attached hydrogens (tertiary/aromatic N) is 3. The molecule has 0 unspecified atom stereocenters. The highest BCUT2D eigenvalue weighted by Crippen LogP contribution is 2.22. The molecule has 2 heterocycles. The maximum atomic E-state index is 12.4. The first kappa shape index (κ1) is 18.8. The molecule has 0 bridgehead atoms. The average molecular weight is 363 g/mol. The van der Waals surface area contributed by atoms with Crippen molar-refractivity contribution in [2.75, 3.05) is 6.54 Å². The highest BCUT2D eigenvalue weighted by Gasteiger charge is 2.10. The SMILES string of the molecule is Cc1cnnc(-c2ccc(C(=O)NCCCc3c(C)n[nH]c3C)cc2)c1C. The van der Waals surface area contributed by atoms with Crippen LogP contribution in [0.25, 0.3) is 11.3 Å². The highest BCUT2D eigenvalue weighted by atomic mass is 16.1. The summed E-state index contributed by atoms with van der Waals surface area (Å²) in [6.45, 7) is 8.70. The molecule has 2 N–H and O–H groups in total. The van der Waals surface area contributed by atoms with Crippen molar-refractivity contribution in [3.63, 3.8) is 0 Å². The normalized spacial score (nSPS) is 10.8. The Hall–Kier alpha value is -3.02. The van der Waals surface area contributed by atoms with Gasteiger partial charge in [-0.3, -0.25) is 9.89 Å². The van der Waals surface area contributed by atoms with Gasteiger partial charge >= 0.3 is 0 Å². The zero-order chi connectivity index (χ0) is 19.4. The van der Waals surface area contributed by atoms with Crippen molar-refractivity contribution in [3.8, 4) is 11.3 Å². The molecule has 0 aliphatic carbocycles. The van der Waals surface area contributed by atoms with Gasteiger partial charge in [-0.05, 0) is 69.4 Å². The number of aryl methyl sites for hydroxylation is 3. The Balaban J connectivity index is 1.57. The fourth-order valence-corrected chi connectivity index (χ4v) is 3.10. The smallest absolute Gasteiger partial charge is 0.251 e. The Kier molecular flexibility index (Phi) is 5.64. The summed E-state index contributed by atoms with van der Waals surface area (Å²) in [5.74, 6) is -0.0609. The minimum Gasteiger partial charge on any atom is -0.352 e. The van der Waals surface area contributed by atoms with Crippen LogP contribution in [0.15, 0.2) is 30.5 Å². The van der Waals surface area contributed by atoms with E-state index < -0.39 is 0 Å². The molecule has 2 aromatic heterocycles. The second kappa shape index (κ2) is 8.12. The van der Waals surface area contributed by atoms with Crippen molar-refractivity contribution < 1.29 is 4.79 Å². The zero-order valence-corrected chi connectivity index (χ0v) is 16.3. The van der Waals surface area contributed by atoms with E-state index in [1.165, 1.54) is 5.56 Å². The molecule has 27 heavy (non-hydrogen) atoms. The first-order chi connectivity index (χ1) is 13.0. The van der Waals surface area contributed by atoms with E-state index in [1.54, 1.807) is 6.20 Å². The number of aromatic nitrogens is 4. The molecule has 0 aliphatic rings. The molecule has 0 atom stereocenters. The van der Waals surface area contributed by atoms with Crippen LogP contribution in [-0.2, 0) is 6.42 Å². The minimum absolute atomic E-state index is 0.0609. The van der Waals surface area contributed by atoms with Gasteiger partial charge in [0.15, 0.2) is 0 Å². The predicted molar refractivity (Wildman–Crippen MR) is 106 cm³/mol. The van der Waals surface area contributed by atoms with E-state index in [1.807, 2.05) is 52.0 Å². The van der Waals surface area contributed by atoms with Crippen LogP contribution in [0.5, 0.6) is 0 Å². The molecule has 6 heteroatoms. The molecule has 1 amide bonds. The molecular weight excluding hydrogens is 338 g/mol. The number of rotatable bonds is 6. The third-order valence-corrected chi connectivity index (χ3v) is 4.95. The molecule has 0 saturated heterocycles. The lowest BCUT2D eigenvalue weighted by Crippen LogP contribution is -2.24. The van der Waals surface area contributed by atoms with Crippen molar-refractivity contribution >= 4 is 5.91 Å². The van der Waals surface area contributed by atoms with E-state index in [0.29, 0.717) is 12.1 Å². The van der Waals surface area contributed by atoms with Crippen molar-refractivity contribution in [2.24, 2.45) is 0 Å². The van der Waals surface area contributed by atoms with Gasteiger partial charge in [0.2, 0.25) is 0 Å².